The van der Waals surface area contributed by atoms with Gasteiger partial charge in [-0.3, -0.25) is 0 Å². The second kappa shape index (κ2) is 6.13. The van der Waals surface area contributed by atoms with Crippen LogP contribution in [0.2, 0.25) is 0 Å². The molecule has 128 valence electrons. The molecule has 0 atom stereocenters. The third-order valence-corrected chi connectivity index (χ3v) is 5.76. The first kappa shape index (κ1) is 20.5. The summed E-state index contributed by atoms with van der Waals surface area (Å²) in [6, 6.07) is 0. The van der Waals surface area contributed by atoms with Gasteiger partial charge in [0.1, 0.15) is 0 Å². The third-order valence-electron chi connectivity index (χ3n) is 4.72. The minimum atomic E-state index is -5.42. The molecule has 4 saturated carbocycles. The summed E-state index contributed by atoms with van der Waals surface area (Å²) in [5.74, 6) is 2.82. The van der Waals surface area contributed by atoms with Crippen LogP contribution in [-0.4, -0.2) is 9.14 Å². The molecule has 22 heavy (non-hydrogen) atoms. The molecule has 0 heterocycles. The summed E-state index contributed by atoms with van der Waals surface area (Å²) in [5.41, 5.74) is 0.334. The van der Waals surface area contributed by atoms with Gasteiger partial charge >= 0.3 is 68.3 Å². The van der Waals surface area contributed by atoms with Crippen LogP contribution in [0.3, 0.4) is 0 Å². The van der Waals surface area contributed by atoms with E-state index in [0.29, 0.717) is 5.41 Å². The molecule has 0 unspecified atom stereocenters. The third kappa shape index (κ3) is 6.84. The van der Waals surface area contributed by atoms with Crippen LogP contribution in [0.4, 0.5) is 0 Å². The van der Waals surface area contributed by atoms with Gasteiger partial charge in [0.15, 0.2) is 4.98 Å². The Balaban J connectivity index is 0.000000217. The van der Waals surface area contributed by atoms with Gasteiger partial charge in [0.25, 0.3) is 0 Å². The van der Waals surface area contributed by atoms with Gasteiger partial charge in [0, 0.05) is 5.41 Å². The first-order chi connectivity index (χ1) is 9.67. The van der Waals surface area contributed by atoms with Crippen molar-refractivity contribution in [2.45, 2.75) is 38.5 Å². The van der Waals surface area contributed by atoms with Crippen LogP contribution in [0.5, 0.6) is 0 Å². The summed E-state index contributed by atoms with van der Waals surface area (Å²) in [6.45, 7) is 0. The topological polar surface area (TPSA) is 28.1 Å². The Morgan fingerprint density at radius 1 is 0.955 bits per heavy atom. The van der Waals surface area contributed by atoms with E-state index < -0.39 is 9.14 Å². The fraction of sp³-hybridized carbons (Fsp3) is 0.833. The van der Waals surface area contributed by atoms with Crippen molar-refractivity contribution in [3.63, 3.8) is 0 Å². The van der Waals surface area contributed by atoms with Gasteiger partial charge < -0.3 is 0 Å². The zero-order chi connectivity index (χ0) is 16.9. The van der Waals surface area contributed by atoms with Crippen molar-refractivity contribution in [2.75, 3.05) is 0 Å². The van der Waals surface area contributed by atoms with E-state index in [1.165, 1.54) is 38.5 Å². The SMILES string of the molecule is N#[N+]/C=C(\Br)C12CC3CC(CC(C3)C1)C2.[Cl][Sb-]([Cl])([Cl])([Cl])([Cl])[Cl]. The zero-order valence-electron chi connectivity index (χ0n) is 11.5. The van der Waals surface area contributed by atoms with Crippen LogP contribution in [0.1, 0.15) is 38.5 Å². The number of hydrogen-bond acceptors (Lipinski definition) is 1. The molecule has 0 amide bonds. The second-order valence-electron chi connectivity index (χ2n) is 6.75. The molecule has 4 bridgehead atoms. The van der Waals surface area contributed by atoms with E-state index in [0.717, 1.165) is 22.2 Å². The van der Waals surface area contributed by atoms with Crippen molar-refractivity contribution in [2.24, 2.45) is 23.2 Å². The van der Waals surface area contributed by atoms with Gasteiger partial charge in [-0.15, -0.1) is 0 Å². The molecule has 0 spiro atoms. The van der Waals surface area contributed by atoms with Crippen LogP contribution in [0, 0.1) is 28.6 Å². The van der Waals surface area contributed by atoms with E-state index in [4.69, 9.17) is 58.4 Å². The van der Waals surface area contributed by atoms with Crippen LogP contribution in [0.15, 0.2) is 10.7 Å². The summed E-state index contributed by atoms with van der Waals surface area (Å²) in [7, 11) is 25.0. The van der Waals surface area contributed by atoms with Crippen molar-refractivity contribution in [3.8, 4) is 0 Å². The number of nitrogens with zero attached hydrogens (tertiary/aromatic N) is 2. The molecule has 4 aliphatic carbocycles. The van der Waals surface area contributed by atoms with E-state index >= 15 is 0 Å². The maximum atomic E-state index is 8.66. The van der Waals surface area contributed by atoms with E-state index in [1.807, 2.05) is 0 Å². The Labute approximate surface area is 159 Å². The fourth-order valence-corrected chi connectivity index (χ4v) is 5.17. The summed E-state index contributed by atoms with van der Waals surface area (Å²) >= 11 is 3.63. The van der Waals surface area contributed by atoms with E-state index in [2.05, 4.69) is 20.9 Å². The van der Waals surface area contributed by atoms with E-state index in [9.17, 15) is 0 Å². The molecule has 4 aliphatic rings. The van der Waals surface area contributed by atoms with Gasteiger partial charge in [0.2, 0.25) is 5.39 Å². The zero-order valence-corrected chi connectivity index (χ0v) is 20.2. The van der Waals surface area contributed by atoms with Gasteiger partial charge in [-0.1, -0.05) is 0 Å². The molecular formula is C12H16BrCl6N2Sb. The standard InChI is InChI=1S/C12H16BrN2.6ClH.Sb/c13-11(7-15-14)12-4-8-1-9(5-12)3-10(2-8)6-12;;;;;;;/h7-10H,1-6H2;6*1H;/q+1;;;;;;;+5/p-6/b11-7-;;;;;;;. The van der Waals surface area contributed by atoms with Gasteiger partial charge in [0.05, 0.1) is 4.48 Å². The Morgan fingerprint density at radius 2 is 1.27 bits per heavy atom. The first-order valence-electron chi connectivity index (χ1n) is 6.93. The van der Waals surface area contributed by atoms with Crippen LogP contribution >= 0.6 is 68.9 Å². The van der Waals surface area contributed by atoms with Gasteiger partial charge in [-0.05, 0) is 72.2 Å². The molecule has 0 N–H and O–H groups in total. The molecular weight excluding hydrogens is 587 g/mol. The summed E-state index contributed by atoms with van der Waals surface area (Å²) in [5, 5.41) is 8.66. The average Bonchev–Trinajstić information content (AvgIpc) is 2.22. The number of hydrogen-bond donors (Lipinski definition) is 0. The molecule has 0 aliphatic heterocycles. The van der Waals surface area contributed by atoms with Crippen LogP contribution < -0.4 is 0 Å². The predicted octanol–water partition coefficient (Wildman–Crippen LogP) is 8.05. The van der Waals surface area contributed by atoms with Gasteiger partial charge in [-0.25, -0.2) is 0 Å². The Hall–Kier alpha value is 2.20. The average molecular weight is 603 g/mol. The summed E-state index contributed by atoms with van der Waals surface area (Å²) < 4.78 is 1.14. The van der Waals surface area contributed by atoms with Crippen LogP contribution in [0.25, 0.3) is 4.98 Å². The predicted molar refractivity (Wildman–Crippen MR) is 104 cm³/mol. The molecule has 0 radical (unpaired) electrons. The number of halogens is 7. The van der Waals surface area contributed by atoms with Crippen molar-refractivity contribution in [3.05, 3.63) is 15.7 Å². The molecule has 0 saturated heterocycles. The summed E-state index contributed by atoms with van der Waals surface area (Å²) in [4.78, 5) is 3.18. The molecule has 0 aromatic carbocycles. The van der Waals surface area contributed by atoms with Crippen LogP contribution in [-0.2, 0) is 0 Å². The molecule has 2 nitrogen and oxygen atoms in total. The van der Waals surface area contributed by atoms with E-state index in [1.54, 1.807) is 6.20 Å². The van der Waals surface area contributed by atoms with Crippen molar-refractivity contribution < 1.29 is 0 Å². The minimum absolute atomic E-state index is 0.334. The number of allylic oxidation sites excluding steroid dienone is 1. The normalized spacial score (nSPS) is 40.1. The van der Waals surface area contributed by atoms with Crippen molar-refractivity contribution in [1.29, 1.82) is 5.39 Å². The number of diazo groups is 1. The molecule has 4 fully saturated rings. The summed E-state index contributed by atoms with van der Waals surface area (Å²) in [6.07, 6.45) is 9.90. The second-order valence-corrected chi connectivity index (χ2v) is 64.5. The fourth-order valence-electron chi connectivity index (χ4n) is 4.59. The van der Waals surface area contributed by atoms with Gasteiger partial charge in [-0.2, -0.15) is 0 Å². The first-order valence-corrected chi connectivity index (χ1v) is 27.1. The van der Waals surface area contributed by atoms with E-state index in [-0.39, 0.29) is 0 Å². The molecule has 4 rings (SSSR count). The Morgan fingerprint density at radius 3 is 1.55 bits per heavy atom. The monoisotopic (exact) mass is 598 g/mol. The Kier molecular flexibility index (Phi) is 5.71. The van der Waals surface area contributed by atoms with Crippen molar-refractivity contribution >= 4 is 78.0 Å². The molecule has 0 aromatic rings. The quantitative estimate of drug-likeness (QED) is 0.221. The molecule has 0 aromatic heterocycles. The van der Waals surface area contributed by atoms with Crippen molar-refractivity contribution in [1.82, 2.24) is 0 Å². The number of rotatable bonds is 1. The molecule has 10 heteroatoms. The Bertz CT molecular complexity index is 489. The maximum absolute atomic E-state index is 8.66.